The van der Waals surface area contributed by atoms with Gasteiger partial charge in [-0.2, -0.15) is 0 Å². The Kier molecular flexibility index (Phi) is 3.86. The number of carbonyl (C=O) groups excluding carboxylic acids is 1. The second-order valence-electron chi connectivity index (χ2n) is 5.21. The average molecular weight is 284 g/mol. The van der Waals surface area contributed by atoms with Crippen LogP contribution in [0.3, 0.4) is 0 Å². The van der Waals surface area contributed by atoms with Crippen LogP contribution in [0.4, 0.5) is 10.1 Å². The zero-order valence-electron chi connectivity index (χ0n) is 11.7. The molecule has 0 bridgehead atoms. The number of anilines is 1. The van der Waals surface area contributed by atoms with Gasteiger partial charge in [0, 0.05) is 31.7 Å². The molecular formula is C17H17FN2O. The molecule has 1 amide bonds. The highest BCUT2D eigenvalue weighted by Gasteiger charge is 2.19. The standard InChI is InChI=1S/C17H17FN2O/c18-15-6-7-16-14(10-15)12-20(17(21)8-9-19-16)11-13-4-2-1-3-5-13/h1-7,10,19H,8-9,11-12H2. The molecule has 0 fully saturated rings. The molecule has 4 heteroatoms. The third-order valence-electron chi connectivity index (χ3n) is 3.65. The van der Waals surface area contributed by atoms with Crippen molar-refractivity contribution in [1.29, 1.82) is 0 Å². The number of nitrogens with one attached hydrogen (secondary N) is 1. The molecule has 0 atom stereocenters. The lowest BCUT2D eigenvalue weighted by Crippen LogP contribution is -2.33. The first-order chi connectivity index (χ1) is 10.2. The van der Waals surface area contributed by atoms with Crippen molar-refractivity contribution in [3.63, 3.8) is 0 Å². The second kappa shape index (κ2) is 5.95. The normalized spacial score (nSPS) is 14.9. The number of hydrogen-bond acceptors (Lipinski definition) is 2. The molecule has 1 heterocycles. The Bertz CT molecular complexity index is 642. The summed E-state index contributed by atoms with van der Waals surface area (Å²) in [6.07, 6.45) is 0.448. The summed E-state index contributed by atoms with van der Waals surface area (Å²) in [7, 11) is 0. The van der Waals surface area contributed by atoms with Gasteiger partial charge in [-0.05, 0) is 29.3 Å². The van der Waals surface area contributed by atoms with E-state index in [4.69, 9.17) is 0 Å². The number of amides is 1. The Hall–Kier alpha value is -2.36. The first kappa shape index (κ1) is 13.6. The third kappa shape index (κ3) is 3.21. The minimum absolute atomic E-state index is 0.0845. The molecule has 3 nitrogen and oxygen atoms in total. The first-order valence-electron chi connectivity index (χ1n) is 7.06. The van der Waals surface area contributed by atoms with Crippen molar-refractivity contribution in [1.82, 2.24) is 4.90 Å². The Morgan fingerprint density at radius 1 is 1.14 bits per heavy atom. The van der Waals surface area contributed by atoms with Crippen LogP contribution in [0.15, 0.2) is 48.5 Å². The molecule has 1 aliphatic heterocycles. The molecule has 108 valence electrons. The largest absolute Gasteiger partial charge is 0.384 e. The van der Waals surface area contributed by atoms with E-state index in [2.05, 4.69) is 5.32 Å². The van der Waals surface area contributed by atoms with Crippen molar-refractivity contribution in [2.24, 2.45) is 0 Å². The molecule has 1 N–H and O–H groups in total. The topological polar surface area (TPSA) is 32.3 Å². The van der Waals surface area contributed by atoms with Crippen molar-refractivity contribution in [2.75, 3.05) is 11.9 Å². The average Bonchev–Trinajstić information content (AvgIpc) is 2.48. The van der Waals surface area contributed by atoms with Gasteiger partial charge < -0.3 is 10.2 Å². The number of carbonyl (C=O) groups is 1. The first-order valence-corrected chi connectivity index (χ1v) is 7.06. The van der Waals surface area contributed by atoms with Gasteiger partial charge in [0.15, 0.2) is 0 Å². The summed E-state index contributed by atoms with van der Waals surface area (Å²) >= 11 is 0. The minimum atomic E-state index is -0.275. The van der Waals surface area contributed by atoms with Crippen LogP contribution < -0.4 is 5.32 Å². The van der Waals surface area contributed by atoms with Gasteiger partial charge in [0.05, 0.1) is 0 Å². The summed E-state index contributed by atoms with van der Waals surface area (Å²) in [5.74, 6) is -0.190. The quantitative estimate of drug-likeness (QED) is 0.918. The molecule has 2 aromatic rings. The van der Waals surface area contributed by atoms with Crippen molar-refractivity contribution < 1.29 is 9.18 Å². The Morgan fingerprint density at radius 2 is 1.95 bits per heavy atom. The highest BCUT2D eigenvalue weighted by Crippen LogP contribution is 2.22. The highest BCUT2D eigenvalue weighted by molar-refractivity contribution is 5.77. The highest BCUT2D eigenvalue weighted by atomic mass is 19.1. The Morgan fingerprint density at radius 3 is 2.76 bits per heavy atom. The molecule has 0 unspecified atom stereocenters. The van der Waals surface area contributed by atoms with Crippen molar-refractivity contribution >= 4 is 11.6 Å². The molecule has 0 saturated heterocycles. The Balaban J connectivity index is 1.87. The van der Waals surface area contributed by atoms with Gasteiger partial charge >= 0.3 is 0 Å². The van der Waals surface area contributed by atoms with E-state index in [1.54, 1.807) is 11.0 Å². The number of rotatable bonds is 2. The van der Waals surface area contributed by atoms with Gasteiger partial charge in [0.1, 0.15) is 5.82 Å². The van der Waals surface area contributed by atoms with Crippen LogP contribution in [0.1, 0.15) is 17.5 Å². The van der Waals surface area contributed by atoms with E-state index in [0.717, 1.165) is 16.8 Å². The monoisotopic (exact) mass is 284 g/mol. The molecule has 0 radical (unpaired) electrons. The lowest BCUT2D eigenvalue weighted by atomic mass is 10.1. The number of nitrogens with zero attached hydrogens (tertiary/aromatic N) is 1. The van der Waals surface area contributed by atoms with Gasteiger partial charge in [-0.3, -0.25) is 4.79 Å². The van der Waals surface area contributed by atoms with E-state index in [0.29, 0.717) is 26.1 Å². The summed E-state index contributed by atoms with van der Waals surface area (Å²) in [6, 6.07) is 14.5. The predicted molar refractivity (Wildman–Crippen MR) is 80.2 cm³/mol. The molecule has 21 heavy (non-hydrogen) atoms. The third-order valence-corrected chi connectivity index (χ3v) is 3.65. The summed E-state index contributed by atoms with van der Waals surface area (Å²) < 4.78 is 13.4. The molecule has 0 saturated carbocycles. The Labute approximate surface area is 123 Å². The molecule has 0 spiro atoms. The van der Waals surface area contributed by atoms with Gasteiger partial charge in [-0.1, -0.05) is 30.3 Å². The van der Waals surface area contributed by atoms with Crippen molar-refractivity contribution in [2.45, 2.75) is 19.5 Å². The fourth-order valence-corrected chi connectivity index (χ4v) is 2.57. The van der Waals surface area contributed by atoms with Crippen LogP contribution in [0.5, 0.6) is 0 Å². The number of benzene rings is 2. The van der Waals surface area contributed by atoms with E-state index in [9.17, 15) is 9.18 Å². The lowest BCUT2D eigenvalue weighted by Gasteiger charge is -2.27. The van der Waals surface area contributed by atoms with Crippen LogP contribution in [-0.2, 0) is 17.9 Å². The second-order valence-corrected chi connectivity index (χ2v) is 5.21. The van der Waals surface area contributed by atoms with Gasteiger partial charge in [0.2, 0.25) is 5.91 Å². The van der Waals surface area contributed by atoms with Crippen LogP contribution in [-0.4, -0.2) is 17.4 Å². The number of halogens is 1. The zero-order chi connectivity index (χ0) is 14.7. The maximum Gasteiger partial charge on any atom is 0.224 e. The van der Waals surface area contributed by atoms with Gasteiger partial charge in [-0.25, -0.2) is 4.39 Å². The summed E-state index contributed by atoms with van der Waals surface area (Å²) in [4.78, 5) is 14.0. The zero-order valence-corrected chi connectivity index (χ0v) is 11.7. The van der Waals surface area contributed by atoms with Crippen LogP contribution in [0.2, 0.25) is 0 Å². The fourth-order valence-electron chi connectivity index (χ4n) is 2.57. The lowest BCUT2D eigenvalue weighted by molar-refractivity contribution is -0.132. The van der Waals surface area contributed by atoms with E-state index < -0.39 is 0 Å². The van der Waals surface area contributed by atoms with E-state index in [1.165, 1.54) is 12.1 Å². The summed E-state index contributed by atoms with van der Waals surface area (Å²) in [6.45, 7) is 1.55. The fraction of sp³-hybridized carbons (Fsp3) is 0.235. The molecule has 2 aromatic carbocycles. The SMILES string of the molecule is O=C1CCNc2ccc(F)cc2CN1Cc1ccccc1. The minimum Gasteiger partial charge on any atom is -0.384 e. The summed E-state index contributed by atoms with van der Waals surface area (Å²) in [5.41, 5.74) is 2.80. The number of fused-ring (bicyclic) bond motifs is 1. The summed E-state index contributed by atoms with van der Waals surface area (Å²) in [5, 5.41) is 3.19. The van der Waals surface area contributed by atoms with E-state index in [1.807, 2.05) is 30.3 Å². The maximum absolute atomic E-state index is 13.4. The maximum atomic E-state index is 13.4. The van der Waals surface area contributed by atoms with E-state index >= 15 is 0 Å². The van der Waals surface area contributed by atoms with Gasteiger partial charge in [-0.15, -0.1) is 0 Å². The molecule has 0 aliphatic carbocycles. The van der Waals surface area contributed by atoms with Crippen LogP contribution in [0, 0.1) is 5.82 Å². The molecule has 0 aromatic heterocycles. The van der Waals surface area contributed by atoms with Gasteiger partial charge in [0.25, 0.3) is 0 Å². The molecule has 3 rings (SSSR count). The predicted octanol–water partition coefficient (Wildman–Crippen LogP) is 3.17. The number of hydrogen-bond donors (Lipinski definition) is 1. The smallest absolute Gasteiger partial charge is 0.224 e. The van der Waals surface area contributed by atoms with Crippen molar-refractivity contribution in [3.8, 4) is 0 Å². The molecule has 1 aliphatic rings. The van der Waals surface area contributed by atoms with Crippen LogP contribution in [0.25, 0.3) is 0 Å². The van der Waals surface area contributed by atoms with Crippen LogP contribution >= 0.6 is 0 Å². The van der Waals surface area contributed by atoms with E-state index in [-0.39, 0.29) is 11.7 Å². The van der Waals surface area contributed by atoms with Crippen molar-refractivity contribution in [3.05, 3.63) is 65.5 Å². The molecular weight excluding hydrogens is 267 g/mol.